The van der Waals surface area contributed by atoms with Crippen molar-refractivity contribution in [3.63, 3.8) is 0 Å². The van der Waals surface area contributed by atoms with Crippen LogP contribution in [0.15, 0.2) is 24.3 Å². The molecule has 3 aromatic rings. The topological polar surface area (TPSA) is 91.0 Å². The van der Waals surface area contributed by atoms with Crippen molar-refractivity contribution in [3.05, 3.63) is 46.4 Å². The number of nitrogens with one attached hydrogen (secondary N) is 2. The molecule has 7 nitrogen and oxygen atoms in total. The summed E-state index contributed by atoms with van der Waals surface area (Å²) in [6.07, 6.45) is 3.94. The highest BCUT2D eigenvalue weighted by Crippen LogP contribution is 2.34. The minimum absolute atomic E-state index is 0.0623. The van der Waals surface area contributed by atoms with Gasteiger partial charge in [0.25, 0.3) is 5.91 Å². The number of benzene rings is 1. The first-order chi connectivity index (χ1) is 15.0. The van der Waals surface area contributed by atoms with E-state index in [9.17, 15) is 9.59 Å². The molecule has 2 amide bonds. The van der Waals surface area contributed by atoms with Gasteiger partial charge in [0.2, 0.25) is 5.91 Å². The summed E-state index contributed by atoms with van der Waals surface area (Å²) in [4.78, 5) is 32.9. The molecule has 1 aliphatic rings. The second kappa shape index (κ2) is 9.18. The average molecular weight is 440 g/mol. The first-order valence-electron chi connectivity index (χ1n) is 10.9. The molecule has 0 radical (unpaired) electrons. The summed E-state index contributed by atoms with van der Waals surface area (Å²) in [6, 6.07) is 8.21. The first-order valence-corrected chi connectivity index (χ1v) is 11.7. The number of amides is 2. The van der Waals surface area contributed by atoms with E-state index in [0.717, 1.165) is 52.2 Å². The van der Waals surface area contributed by atoms with Crippen LogP contribution in [0, 0.1) is 0 Å². The second-order valence-electron chi connectivity index (χ2n) is 8.40. The quantitative estimate of drug-likeness (QED) is 0.613. The molecule has 1 saturated heterocycles. The second-order valence-corrected chi connectivity index (χ2v) is 9.45. The molecule has 1 unspecified atom stereocenters. The Morgan fingerprint density at radius 2 is 2.10 bits per heavy atom. The van der Waals surface area contributed by atoms with E-state index >= 15 is 0 Å². The van der Waals surface area contributed by atoms with Crippen LogP contribution >= 0.6 is 11.3 Å². The zero-order valence-corrected chi connectivity index (χ0v) is 19.1. The van der Waals surface area contributed by atoms with E-state index in [1.54, 1.807) is 7.05 Å². The Labute approximate surface area is 186 Å². The van der Waals surface area contributed by atoms with Crippen molar-refractivity contribution in [2.24, 2.45) is 0 Å². The highest BCUT2D eigenvalue weighted by molar-refractivity contribution is 7.21. The first kappa shape index (κ1) is 21.5. The molecule has 1 aromatic carbocycles. The van der Waals surface area contributed by atoms with Gasteiger partial charge in [-0.1, -0.05) is 32.0 Å². The summed E-state index contributed by atoms with van der Waals surface area (Å²) in [5, 5.41) is 11.0. The lowest BCUT2D eigenvalue weighted by Gasteiger charge is -2.36. The summed E-state index contributed by atoms with van der Waals surface area (Å²) in [5.41, 5.74) is 1.05. The largest absolute Gasteiger partial charge is 0.354 e. The lowest BCUT2D eigenvalue weighted by atomic mass is 9.93. The summed E-state index contributed by atoms with van der Waals surface area (Å²) in [5.74, 6) is 1.57. The number of nitrogens with zero attached hydrogens (tertiary/aromatic N) is 3. The van der Waals surface area contributed by atoms with Gasteiger partial charge in [0.15, 0.2) is 5.82 Å². The Morgan fingerprint density at radius 1 is 1.29 bits per heavy atom. The Hall–Kier alpha value is -2.74. The standard InChI is InChI=1S/C23H29N5O2S/c1-14(2)22-25-19(26-27-22)13-20(29)28-11-7-6-8-15(28)12-17-16-9-4-5-10-18(16)31-21(17)23(30)24-3/h4-5,9-10,14-15H,6-8,11-13H2,1-3H3,(H,24,30)(H,25,26,27). The van der Waals surface area contributed by atoms with E-state index in [0.29, 0.717) is 12.2 Å². The predicted molar refractivity (Wildman–Crippen MR) is 122 cm³/mol. The van der Waals surface area contributed by atoms with Gasteiger partial charge in [0.05, 0.1) is 11.3 Å². The maximum atomic E-state index is 13.2. The molecule has 0 spiro atoms. The zero-order valence-electron chi connectivity index (χ0n) is 18.3. The zero-order chi connectivity index (χ0) is 22.0. The normalized spacial score (nSPS) is 16.8. The maximum Gasteiger partial charge on any atom is 0.261 e. The van der Waals surface area contributed by atoms with Gasteiger partial charge in [-0.3, -0.25) is 14.7 Å². The van der Waals surface area contributed by atoms with Crippen molar-refractivity contribution in [3.8, 4) is 0 Å². The highest BCUT2D eigenvalue weighted by Gasteiger charge is 2.30. The SMILES string of the molecule is CNC(=O)c1sc2ccccc2c1CC1CCCCN1C(=O)Cc1nc(C(C)C)n[nH]1. The predicted octanol–water partition coefficient (Wildman–Crippen LogP) is 3.67. The van der Waals surface area contributed by atoms with Gasteiger partial charge in [0.1, 0.15) is 5.82 Å². The van der Waals surface area contributed by atoms with Crippen molar-refractivity contribution >= 4 is 33.2 Å². The molecule has 2 aromatic heterocycles. The molecule has 3 heterocycles. The molecular weight excluding hydrogens is 410 g/mol. The number of rotatable bonds is 6. The van der Waals surface area contributed by atoms with Crippen molar-refractivity contribution in [1.29, 1.82) is 0 Å². The van der Waals surface area contributed by atoms with Gasteiger partial charge in [-0.25, -0.2) is 4.98 Å². The van der Waals surface area contributed by atoms with E-state index in [1.807, 2.05) is 30.9 Å². The number of hydrogen-bond donors (Lipinski definition) is 2. The lowest BCUT2D eigenvalue weighted by Crippen LogP contribution is -2.45. The van der Waals surface area contributed by atoms with Crippen LogP contribution in [-0.4, -0.2) is 51.5 Å². The number of fused-ring (bicyclic) bond motifs is 1. The van der Waals surface area contributed by atoms with Gasteiger partial charge in [-0.15, -0.1) is 11.3 Å². The number of carbonyl (C=O) groups is 2. The number of aromatic nitrogens is 3. The molecule has 0 aliphatic carbocycles. The van der Waals surface area contributed by atoms with E-state index in [-0.39, 0.29) is 30.2 Å². The molecule has 4 rings (SSSR count). The van der Waals surface area contributed by atoms with Crippen LogP contribution in [-0.2, 0) is 17.6 Å². The summed E-state index contributed by atoms with van der Waals surface area (Å²) < 4.78 is 1.10. The van der Waals surface area contributed by atoms with Gasteiger partial charge in [-0.2, -0.15) is 5.10 Å². The van der Waals surface area contributed by atoms with Gasteiger partial charge >= 0.3 is 0 Å². The number of carbonyl (C=O) groups excluding carboxylic acids is 2. The van der Waals surface area contributed by atoms with Crippen LogP contribution < -0.4 is 5.32 Å². The van der Waals surface area contributed by atoms with E-state index < -0.39 is 0 Å². The Bertz CT molecular complexity index is 1090. The van der Waals surface area contributed by atoms with Gasteiger partial charge in [-0.05, 0) is 42.7 Å². The Morgan fingerprint density at radius 3 is 2.84 bits per heavy atom. The number of thiophene rings is 1. The Balaban J connectivity index is 1.58. The maximum absolute atomic E-state index is 13.2. The third kappa shape index (κ3) is 4.49. The summed E-state index contributed by atoms with van der Waals surface area (Å²) >= 11 is 1.52. The number of aromatic amines is 1. The number of piperidine rings is 1. The molecule has 1 fully saturated rings. The molecule has 0 saturated carbocycles. The molecule has 1 atom stereocenters. The third-order valence-corrected chi connectivity index (χ3v) is 7.11. The van der Waals surface area contributed by atoms with Crippen LogP contribution in [0.1, 0.15) is 65.9 Å². The molecular formula is C23H29N5O2S. The fourth-order valence-corrected chi connectivity index (χ4v) is 5.45. The molecule has 2 N–H and O–H groups in total. The molecule has 8 heteroatoms. The minimum Gasteiger partial charge on any atom is -0.354 e. The van der Waals surface area contributed by atoms with Crippen molar-refractivity contribution < 1.29 is 9.59 Å². The van der Waals surface area contributed by atoms with E-state index in [2.05, 4.69) is 32.6 Å². The third-order valence-electron chi connectivity index (χ3n) is 5.90. The number of H-pyrrole nitrogens is 1. The molecule has 0 bridgehead atoms. The van der Waals surface area contributed by atoms with Gasteiger partial charge < -0.3 is 10.2 Å². The van der Waals surface area contributed by atoms with Crippen LogP contribution in [0.4, 0.5) is 0 Å². The van der Waals surface area contributed by atoms with Crippen molar-refractivity contribution in [2.45, 2.75) is 57.9 Å². The van der Waals surface area contributed by atoms with Crippen LogP contribution in [0.5, 0.6) is 0 Å². The van der Waals surface area contributed by atoms with Crippen molar-refractivity contribution in [2.75, 3.05) is 13.6 Å². The lowest BCUT2D eigenvalue weighted by molar-refractivity contribution is -0.134. The van der Waals surface area contributed by atoms with Crippen molar-refractivity contribution in [1.82, 2.24) is 25.4 Å². The minimum atomic E-state index is -0.0623. The summed E-state index contributed by atoms with van der Waals surface area (Å²) in [6.45, 7) is 4.81. The van der Waals surface area contributed by atoms with E-state index in [4.69, 9.17) is 0 Å². The fourth-order valence-electron chi connectivity index (χ4n) is 4.27. The van der Waals surface area contributed by atoms with Crippen LogP contribution in [0.25, 0.3) is 10.1 Å². The number of hydrogen-bond acceptors (Lipinski definition) is 5. The monoisotopic (exact) mass is 439 g/mol. The average Bonchev–Trinajstić information content (AvgIpc) is 3.39. The van der Waals surface area contributed by atoms with Crippen LogP contribution in [0.3, 0.4) is 0 Å². The van der Waals surface area contributed by atoms with E-state index in [1.165, 1.54) is 11.3 Å². The molecule has 164 valence electrons. The molecule has 1 aliphatic heterocycles. The Kier molecular flexibility index (Phi) is 6.36. The summed E-state index contributed by atoms with van der Waals surface area (Å²) in [7, 11) is 1.66. The number of likely N-dealkylation sites (tertiary alicyclic amines) is 1. The smallest absolute Gasteiger partial charge is 0.261 e. The van der Waals surface area contributed by atoms with Gasteiger partial charge in [0, 0.05) is 30.3 Å². The van der Waals surface area contributed by atoms with Crippen LogP contribution in [0.2, 0.25) is 0 Å². The highest BCUT2D eigenvalue weighted by atomic mass is 32.1. The molecule has 31 heavy (non-hydrogen) atoms. The fraction of sp³-hybridized carbons (Fsp3) is 0.478.